The van der Waals surface area contributed by atoms with E-state index in [1.54, 1.807) is 16.4 Å². The fourth-order valence-electron chi connectivity index (χ4n) is 4.37. The minimum absolute atomic E-state index is 0.273. The van der Waals surface area contributed by atoms with Crippen LogP contribution in [0, 0.1) is 6.92 Å². The van der Waals surface area contributed by atoms with Crippen molar-refractivity contribution in [1.29, 1.82) is 0 Å². The Morgan fingerprint density at radius 2 is 1.24 bits per heavy atom. The van der Waals surface area contributed by atoms with Gasteiger partial charge in [-0.2, -0.15) is 0 Å². The van der Waals surface area contributed by atoms with Crippen LogP contribution in [0.4, 0.5) is 11.4 Å². The Labute approximate surface area is 195 Å². The molecule has 1 aliphatic heterocycles. The zero-order valence-corrected chi connectivity index (χ0v) is 19.4. The van der Waals surface area contributed by atoms with E-state index in [4.69, 9.17) is 0 Å². The molecule has 0 aromatic heterocycles. The molecular weight excluding hydrogens is 428 g/mol. The molecule has 1 heterocycles. The van der Waals surface area contributed by atoms with Gasteiger partial charge in [-0.1, -0.05) is 84.4 Å². The molecule has 5 heteroatoms. The smallest absolute Gasteiger partial charge is 0.264 e. The lowest BCUT2D eigenvalue weighted by Gasteiger charge is -2.35. The third-order valence-corrected chi connectivity index (χ3v) is 7.87. The van der Waals surface area contributed by atoms with Gasteiger partial charge in [-0.3, -0.25) is 4.31 Å². The van der Waals surface area contributed by atoms with Gasteiger partial charge in [0.05, 0.1) is 17.1 Å². The standard InChI is InChI=1S/C28H26N2O2S/c1-22-15-17-26(18-16-22)33(31,32)30-21-25-12-5-7-13-27(25)29(19-23-9-3-2-4-10-23)20-24-11-6-8-14-28(24)30/h2-18H,19-21H2,1H3. The van der Waals surface area contributed by atoms with Crippen LogP contribution in [-0.4, -0.2) is 8.42 Å². The van der Waals surface area contributed by atoms with Gasteiger partial charge in [0.2, 0.25) is 0 Å². The van der Waals surface area contributed by atoms with E-state index in [0.29, 0.717) is 11.4 Å². The third kappa shape index (κ3) is 4.24. The highest BCUT2D eigenvalue weighted by Gasteiger charge is 2.30. The number of nitrogens with zero attached hydrogens (tertiary/aromatic N) is 2. The first-order chi connectivity index (χ1) is 16.0. The summed E-state index contributed by atoms with van der Waals surface area (Å²) in [7, 11) is -3.74. The van der Waals surface area contributed by atoms with Crippen molar-refractivity contribution in [3.05, 3.63) is 125 Å². The minimum Gasteiger partial charge on any atom is -0.363 e. The van der Waals surface area contributed by atoms with Crippen molar-refractivity contribution in [2.75, 3.05) is 9.21 Å². The monoisotopic (exact) mass is 454 g/mol. The molecule has 0 spiro atoms. The second-order valence-electron chi connectivity index (χ2n) is 8.42. The van der Waals surface area contributed by atoms with Gasteiger partial charge in [0.25, 0.3) is 10.0 Å². The first-order valence-corrected chi connectivity index (χ1v) is 12.5. The molecule has 4 aromatic rings. The van der Waals surface area contributed by atoms with Crippen LogP contribution in [-0.2, 0) is 29.7 Å². The number of anilines is 2. The Kier molecular flexibility index (Phi) is 5.65. The van der Waals surface area contributed by atoms with Gasteiger partial charge >= 0.3 is 0 Å². The SMILES string of the molecule is Cc1ccc(S(=O)(=O)N2Cc3ccccc3N(Cc3ccccc3)Cc3ccccc32)cc1. The number of fused-ring (bicyclic) bond motifs is 2. The average Bonchev–Trinajstić information content (AvgIpc) is 2.83. The average molecular weight is 455 g/mol. The van der Waals surface area contributed by atoms with E-state index in [9.17, 15) is 8.42 Å². The lowest BCUT2D eigenvalue weighted by atomic mass is 10.0. The summed E-state index contributed by atoms with van der Waals surface area (Å²) in [5, 5.41) is 0. The largest absolute Gasteiger partial charge is 0.363 e. The summed E-state index contributed by atoms with van der Waals surface area (Å²) in [6, 6.07) is 33.4. The zero-order valence-electron chi connectivity index (χ0n) is 18.6. The molecular formula is C28H26N2O2S. The zero-order chi connectivity index (χ0) is 22.8. The Morgan fingerprint density at radius 3 is 1.94 bits per heavy atom. The van der Waals surface area contributed by atoms with Crippen molar-refractivity contribution >= 4 is 21.4 Å². The Balaban J connectivity index is 1.63. The van der Waals surface area contributed by atoms with Crippen LogP contribution < -0.4 is 9.21 Å². The molecule has 0 saturated carbocycles. The number of hydrogen-bond acceptors (Lipinski definition) is 3. The number of sulfonamides is 1. The first-order valence-electron chi connectivity index (χ1n) is 11.1. The molecule has 5 rings (SSSR count). The molecule has 0 saturated heterocycles. The summed E-state index contributed by atoms with van der Waals surface area (Å²) in [6.45, 7) is 3.59. The molecule has 0 unspecified atom stereocenters. The maximum atomic E-state index is 13.8. The summed E-state index contributed by atoms with van der Waals surface area (Å²) in [6.07, 6.45) is 0. The Hall–Kier alpha value is -3.57. The van der Waals surface area contributed by atoms with Crippen LogP contribution in [0.5, 0.6) is 0 Å². The van der Waals surface area contributed by atoms with E-state index >= 15 is 0 Å². The van der Waals surface area contributed by atoms with Crippen molar-refractivity contribution in [2.24, 2.45) is 0 Å². The highest BCUT2D eigenvalue weighted by molar-refractivity contribution is 7.92. The van der Waals surface area contributed by atoms with E-state index in [2.05, 4.69) is 35.2 Å². The first kappa shape index (κ1) is 21.3. The molecule has 0 fully saturated rings. The van der Waals surface area contributed by atoms with Crippen LogP contribution in [0.1, 0.15) is 22.3 Å². The summed E-state index contributed by atoms with van der Waals surface area (Å²) < 4.78 is 29.2. The molecule has 4 aromatic carbocycles. The molecule has 4 nitrogen and oxygen atoms in total. The van der Waals surface area contributed by atoms with Gasteiger partial charge in [0, 0.05) is 18.8 Å². The van der Waals surface area contributed by atoms with E-state index < -0.39 is 10.0 Å². The van der Waals surface area contributed by atoms with E-state index in [0.717, 1.165) is 34.6 Å². The normalized spacial score (nSPS) is 13.6. The predicted molar refractivity (Wildman–Crippen MR) is 134 cm³/mol. The molecule has 0 aliphatic carbocycles. The van der Waals surface area contributed by atoms with Crippen LogP contribution in [0.25, 0.3) is 0 Å². The second kappa shape index (κ2) is 8.75. The lowest BCUT2D eigenvalue weighted by molar-refractivity contribution is 0.589. The van der Waals surface area contributed by atoms with E-state index in [-0.39, 0.29) is 6.54 Å². The summed E-state index contributed by atoms with van der Waals surface area (Å²) in [5.41, 5.74) is 6.00. The van der Waals surface area contributed by atoms with Gasteiger partial charge < -0.3 is 4.90 Å². The fourth-order valence-corrected chi connectivity index (χ4v) is 5.85. The number of benzene rings is 4. The quantitative estimate of drug-likeness (QED) is 0.385. The van der Waals surface area contributed by atoms with Crippen molar-refractivity contribution in [3.63, 3.8) is 0 Å². The van der Waals surface area contributed by atoms with E-state index in [1.165, 1.54) is 5.56 Å². The summed E-state index contributed by atoms with van der Waals surface area (Å²) in [4.78, 5) is 2.64. The molecule has 0 bridgehead atoms. The minimum atomic E-state index is -3.74. The summed E-state index contributed by atoms with van der Waals surface area (Å²) >= 11 is 0. The predicted octanol–water partition coefficient (Wildman–Crippen LogP) is 5.91. The molecule has 166 valence electrons. The Bertz CT molecular complexity index is 1370. The third-order valence-electron chi connectivity index (χ3n) is 6.09. The van der Waals surface area contributed by atoms with Crippen LogP contribution in [0.3, 0.4) is 0 Å². The molecule has 0 atom stereocenters. The van der Waals surface area contributed by atoms with Gasteiger partial charge in [-0.05, 0) is 47.9 Å². The molecule has 0 N–H and O–H groups in total. The maximum Gasteiger partial charge on any atom is 0.264 e. The number of aryl methyl sites for hydroxylation is 1. The van der Waals surface area contributed by atoms with Crippen LogP contribution >= 0.6 is 0 Å². The number of hydrogen-bond donors (Lipinski definition) is 0. The number of para-hydroxylation sites is 2. The number of rotatable bonds is 4. The van der Waals surface area contributed by atoms with Gasteiger partial charge in [-0.25, -0.2) is 8.42 Å². The molecule has 0 radical (unpaired) electrons. The van der Waals surface area contributed by atoms with Gasteiger partial charge in [0.1, 0.15) is 0 Å². The lowest BCUT2D eigenvalue weighted by Crippen LogP contribution is -2.35. The fraction of sp³-hybridized carbons (Fsp3) is 0.143. The van der Waals surface area contributed by atoms with Crippen molar-refractivity contribution in [2.45, 2.75) is 31.5 Å². The van der Waals surface area contributed by atoms with Crippen molar-refractivity contribution in [3.8, 4) is 0 Å². The van der Waals surface area contributed by atoms with Crippen LogP contribution in [0.2, 0.25) is 0 Å². The molecule has 33 heavy (non-hydrogen) atoms. The van der Waals surface area contributed by atoms with Crippen molar-refractivity contribution < 1.29 is 8.42 Å². The molecule has 0 amide bonds. The second-order valence-corrected chi connectivity index (χ2v) is 10.3. The highest BCUT2D eigenvalue weighted by Crippen LogP contribution is 2.36. The van der Waals surface area contributed by atoms with Crippen molar-refractivity contribution in [1.82, 2.24) is 0 Å². The maximum absolute atomic E-state index is 13.8. The van der Waals surface area contributed by atoms with Crippen LogP contribution in [0.15, 0.2) is 108 Å². The highest BCUT2D eigenvalue weighted by atomic mass is 32.2. The Morgan fingerprint density at radius 1 is 0.667 bits per heavy atom. The van der Waals surface area contributed by atoms with Gasteiger partial charge in [-0.15, -0.1) is 0 Å². The van der Waals surface area contributed by atoms with Gasteiger partial charge in [0.15, 0.2) is 0 Å². The summed E-state index contributed by atoms with van der Waals surface area (Å²) in [5.74, 6) is 0. The topological polar surface area (TPSA) is 40.6 Å². The van der Waals surface area contributed by atoms with E-state index in [1.807, 2.05) is 67.6 Å². The molecule has 1 aliphatic rings.